The number of likely N-dealkylation sites (tertiary alicyclic amines) is 1. The molecule has 1 aromatic carbocycles. The van der Waals surface area contributed by atoms with Crippen LogP contribution in [0.3, 0.4) is 0 Å². The first-order valence-electron chi connectivity index (χ1n) is 13.8. The molecule has 0 bridgehead atoms. The highest BCUT2D eigenvalue weighted by molar-refractivity contribution is 7.89. The standard InChI is InChI=1S/C28H36N6O5S/c1-31-16-18-32(19-17-31)22-10-8-21(9-11-22)28(37)30-14-5-3-7-26(36)33-15-12-23-27(33)24(35)20-34(23)40(38,39)25-6-2-4-13-29-25/h2,4,6,8-11,13,23,27H,3,5,7,12,14-20H2,1H3,(H,30,37). The largest absolute Gasteiger partial charge is 0.369 e. The monoisotopic (exact) mass is 568 g/mol. The van der Waals surface area contributed by atoms with Crippen molar-refractivity contribution in [2.24, 2.45) is 0 Å². The average Bonchev–Trinajstić information content (AvgIpc) is 3.55. The second-order valence-electron chi connectivity index (χ2n) is 10.6. The van der Waals surface area contributed by atoms with Crippen molar-refractivity contribution >= 4 is 33.3 Å². The number of anilines is 1. The van der Waals surface area contributed by atoms with Crippen LogP contribution in [0.5, 0.6) is 0 Å². The van der Waals surface area contributed by atoms with Gasteiger partial charge in [0.1, 0.15) is 6.04 Å². The Morgan fingerprint density at radius 3 is 2.45 bits per heavy atom. The van der Waals surface area contributed by atoms with E-state index in [2.05, 4.69) is 27.1 Å². The molecule has 0 radical (unpaired) electrons. The summed E-state index contributed by atoms with van der Waals surface area (Å²) < 4.78 is 27.3. The number of pyridine rings is 1. The molecule has 5 rings (SSSR count). The van der Waals surface area contributed by atoms with Gasteiger partial charge in [-0.25, -0.2) is 13.4 Å². The van der Waals surface area contributed by atoms with Gasteiger partial charge in [-0.1, -0.05) is 6.07 Å². The van der Waals surface area contributed by atoms with Gasteiger partial charge >= 0.3 is 0 Å². The van der Waals surface area contributed by atoms with Crippen LogP contribution >= 0.6 is 0 Å². The van der Waals surface area contributed by atoms with E-state index in [0.717, 1.165) is 31.9 Å². The molecular weight excluding hydrogens is 532 g/mol. The van der Waals surface area contributed by atoms with Crippen LogP contribution in [0, 0.1) is 0 Å². The number of aromatic nitrogens is 1. The highest BCUT2D eigenvalue weighted by atomic mass is 32.2. The number of carbonyl (C=O) groups excluding carboxylic acids is 3. The summed E-state index contributed by atoms with van der Waals surface area (Å²) in [7, 11) is -1.80. The highest BCUT2D eigenvalue weighted by Gasteiger charge is 2.53. The number of nitrogens with zero attached hydrogens (tertiary/aromatic N) is 5. The molecule has 3 saturated heterocycles. The molecule has 3 aliphatic rings. The molecule has 3 fully saturated rings. The summed E-state index contributed by atoms with van der Waals surface area (Å²) in [6, 6.07) is 11.0. The first-order chi connectivity index (χ1) is 19.3. The van der Waals surface area contributed by atoms with Crippen LogP contribution in [0.1, 0.15) is 36.0 Å². The molecule has 40 heavy (non-hydrogen) atoms. The minimum absolute atomic E-state index is 0.0961. The number of piperazine rings is 1. The molecule has 11 nitrogen and oxygen atoms in total. The third-order valence-corrected chi connectivity index (χ3v) is 9.80. The maximum absolute atomic E-state index is 13.1. The van der Waals surface area contributed by atoms with Gasteiger partial charge in [-0.15, -0.1) is 0 Å². The first kappa shape index (κ1) is 28.2. The van der Waals surface area contributed by atoms with Crippen molar-refractivity contribution in [2.75, 3.05) is 57.8 Å². The molecule has 2 amide bonds. The predicted molar refractivity (Wildman–Crippen MR) is 149 cm³/mol. The third-order valence-electron chi connectivity index (χ3n) is 8.01. The number of Topliss-reactive ketones (excluding diaryl/α,β-unsaturated/α-hetero) is 1. The number of unbranched alkanes of at least 4 members (excludes halogenated alkanes) is 1. The Hall–Kier alpha value is -3.35. The summed E-state index contributed by atoms with van der Waals surface area (Å²) >= 11 is 0. The number of carbonyl (C=O) groups is 3. The van der Waals surface area contributed by atoms with E-state index in [9.17, 15) is 22.8 Å². The summed E-state index contributed by atoms with van der Waals surface area (Å²) in [5.41, 5.74) is 1.72. The fourth-order valence-corrected chi connectivity index (χ4v) is 7.29. The van der Waals surface area contributed by atoms with E-state index in [-0.39, 0.29) is 35.6 Å². The molecule has 0 spiro atoms. The Morgan fingerprint density at radius 1 is 1.00 bits per heavy atom. The number of rotatable bonds is 9. The van der Waals surface area contributed by atoms with Crippen molar-refractivity contribution in [3.8, 4) is 0 Å². The fraction of sp³-hybridized carbons (Fsp3) is 0.500. The van der Waals surface area contributed by atoms with Crippen molar-refractivity contribution in [3.63, 3.8) is 0 Å². The van der Waals surface area contributed by atoms with Gasteiger partial charge in [0.05, 0.1) is 12.6 Å². The summed E-state index contributed by atoms with van der Waals surface area (Å²) in [6.07, 6.45) is 3.23. The van der Waals surface area contributed by atoms with Crippen molar-refractivity contribution in [1.29, 1.82) is 0 Å². The molecule has 214 valence electrons. The first-order valence-corrected chi connectivity index (χ1v) is 15.3. The van der Waals surface area contributed by atoms with E-state index in [4.69, 9.17) is 0 Å². The Kier molecular flexibility index (Phi) is 8.48. The Morgan fingerprint density at radius 2 is 1.75 bits per heavy atom. The molecule has 4 heterocycles. The Balaban J connectivity index is 1.06. The molecule has 1 N–H and O–H groups in total. The van der Waals surface area contributed by atoms with E-state index < -0.39 is 22.1 Å². The maximum atomic E-state index is 13.1. The lowest BCUT2D eigenvalue weighted by molar-refractivity contribution is -0.136. The summed E-state index contributed by atoms with van der Waals surface area (Å²) in [4.78, 5) is 48.4. The number of hydrogen-bond donors (Lipinski definition) is 1. The van der Waals surface area contributed by atoms with Gasteiger partial charge in [-0.2, -0.15) is 4.31 Å². The molecular formula is C28H36N6O5S. The van der Waals surface area contributed by atoms with Gasteiger partial charge in [-0.05, 0) is 62.7 Å². The van der Waals surface area contributed by atoms with E-state index in [1.165, 1.54) is 21.5 Å². The van der Waals surface area contributed by atoms with Gasteiger partial charge in [0, 0.05) is 63.1 Å². The number of hydrogen-bond acceptors (Lipinski definition) is 8. The lowest BCUT2D eigenvalue weighted by Gasteiger charge is -2.34. The zero-order valence-electron chi connectivity index (χ0n) is 22.7. The molecule has 3 aliphatic heterocycles. The topological polar surface area (TPSA) is 123 Å². The quantitative estimate of drug-likeness (QED) is 0.444. The van der Waals surface area contributed by atoms with Crippen molar-refractivity contribution < 1.29 is 22.8 Å². The zero-order chi connectivity index (χ0) is 28.3. The van der Waals surface area contributed by atoms with E-state index in [0.29, 0.717) is 37.9 Å². The number of fused-ring (bicyclic) bond motifs is 1. The van der Waals surface area contributed by atoms with Crippen LogP contribution in [0.25, 0.3) is 0 Å². The summed E-state index contributed by atoms with van der Waals surface area (Å²) in [5.74, 6) is -0.575. The lowest BCUT2D eigenvalue weighted by atomic mass is 10.1. The number of sulfonamides is 1. The fourth-order valence-electron chi connectivity index (χ4n) is 5.73. The van der Waals surface area contributed by atoms with Gasteiger partial charge in [0.2, 0.25) is 5.91 Å². The van der Waals surface area contributed by atoms with E-state index in [1.807, 2.05) is 24.3 Å². The Labute approximate surface area is 235 Å². The molecule has 2 aromatic rings. The maximum Gasteiger partial charge on any atom is 0.261 e. The normalized spacial score (nSPS) is 22.0. The number of nitrogens with one attached hydrogen (secondary N) is 1. The number of ketones is 1. The summed E-state index contributed by atoms with van der Waals surface area (Å²) in [5, 5.41) is 2.82. The minimum atomic E-state index is -3.92. The number of benzene rings is 1. The predicted octanol–water partition coefficient (Wildman–Crippen LogP) is 0.977. The van der Waals surface area contributed by atoms with Gasteiger partial charge in [0.25, 0.3) is 15.9 Å². The SMILES string of the molecule is CN1CCN(c2ccc(C(=O)NCCCCC(=O)N3CCC4C3C(=O)CN4S(=O)(=O)c3ccccn3)cc2)CC1. The molecule has 0 aliphatic carbocycles. The smallest absolute Gasteiger partial charge is 0.261 e. The van der Waals surface area contributed by atoms with Crippen LogP contribution < -0.4 is 10.2 Å². The minimum Gasteiger partial charge on any atom is -0.369 e. The molecule has 2 unspecified atom stereocenters. The van der Waals surface area contributed by atoms with Crippen molar-refractivity contribution in [3.05, 3.63) is 54.2 Å². The van der Waals surface area contributed by atoms with E-state index in [1.54, 1.807) is 12.1 Å². The number of likely N-dealkylation sites (N-methyl/N-ethyl adjacent to an activating group) is 1. The second-order valence-corrected chi connectivity index (χ2v) is 12.5. The molecule has 0 saturated carbocycles. The van der Waals surface area contributed by atoms with Crippen molar-refractivity contribution in [2.45, 2.75) is 42.8 Å². The van der Waals surface area contributed by atoms with Gasteiger partial charge in [0.15, 0.2) is 10.8 Å². The molecule has 12 heteroatoms. The van der Waals surface area contributed by atoms with Crippen LogP contribution in [-0.4, -0.2) is 110 Å². The molecule has 1 aromatic heterocycles. The highest BCUT2D eigenvalue weighted by Crippen LogP contribution is 2.34. The van der Waals surface area contributed by atoms with E-state index >= 15 is 0 Å². The van der Waals surface area contributed by atoms with Crippen LogP contribution in [0.2, 0.25) is 0 Å². The van der Waals surface area contributed by atoms with Crippen LogP contribution in [0.15, 0.2) is 53.7 Å². The summed E-state index contributed by atoms with van der Waals surface area (Å²) in [6.45, 7) is 4.51. The Bertz CT molecular complexity index is 1330. The third kappa shape index (κ3) is 5.89. The zero-order valence-corrected chi connectivity index (χ0v) is 23.6. The van der Waals surface area contributed by atoms with Gasteiger partial charge in [-0.3, -0.25) is 14.4 Å². The second kappa shape index (κ2) is 12.0. The lowest BCUT2D eigenvalue weighted by Crippen LogP contribution is -2.44. The molecule has 2 atom stereocenters. The van der Waals surface area contributed by atoms with Crippen LogP contribution in [0.4, 0.5) is 5.69 Å². The average molecular weight is 569 g/mol. The van der Waals surface area contributed by atoms with Gasteiger partial charge < -0.3 is 20.0 Å². The van der Waals surface area contributed by atoms with Crippen LogP contribution in [-0.2, 0) is 19.6 Å². The van der Waals surface area contributed by atoms with Crippen molar-refractivity contribution in [1.82, 2.24) is 24.4 Å². The number of amides is 2.